The van der Waals surface area contributed by atoms with E-state index in [1.807, 2.05) is 18.0 Å². The first-order valence-electron chi connectivity index (χ1n) is 8.74. The van der Waals surface area contributed by atoms with Crippen molar-refractivity contribution in [2.24, 2.45) is 13.0 Å². The van der Waals surface area contributed by atoms with E-state index < -0.39 is 0 Å². The Morgan fingerprint density at radius 3 is 2.83 bits per heavy atom. The van der Waals surface area contributed by atoms with E-state index in [2.05, 4.69) is 10.4 Å². The van der Waals surface area contributed by atoms with Gasteiger partial charge in [-0.15, -0.1) is 0 Å². The molecule has 2 aliphatic heterocycles. The molecule has 3 heterocycles. The molecule has 1 aromatic heterocycles. The van der Waals surface area contributed by atoms with Gasteiger partial charge in [0.15, 0.2) is 0 Å². The van der Waals surface area contributed by atoms with E-state index in [1.165, 1.54) is 25.7 Å². The lowest BCUT2D eigenvalue weighted by Gasteiger charge is -2.24. The van der Waals surface area contributed by atoms with Gasteiger partial charge in [-0.05, 0) is 31.2 Å². The average molecular weight is 316 g/mol. The number of likely N-dealkylation sites (tertiary alicyclic amines) is 1. The maximum atomic E-state index is 12.9. The van der Waals surface area contributed by atoms with Crippen molar-refractivity contribution in [3.05, 3.63) is 17.5 Å². The van der Waals surface area contributed by atoms with Crippen LogP contribution in [-0.4, -0.2) is 45.6 Å². The first kappa shape index (κ1) is 14.7. The maximum Gasteiger partial charge on any atom is 0.272 e. The number of aromatic nitrogens is 2. The van der Waals surface area contributed by atoms with Gasteiger partial charge in [0.2, 0.25) is 5.91 Å². The average Bonchev–Trinajstić information content (AvgIpc) is 3.24. The molecule has 1 saturated carbocycles. The summed E-state index contributed by atoms with van der Waals surface area (Å²) in [4.78, 5) is 26.3. The minimum atomic E-state index is 0.0490. The van der Waals surface area contributed by atoms with E-state index in [-0.39, 0.29) is 17.9 Å². The monoisotopic (exact) mass is 316 g/mol. The lowest BCUT2D eigenvalue weighted by Crippen LogP contribution is -2.44. The molecule has 0 spiro atoms. The van der Waals surface area contributed by atoms with E-state index >= 15 is 0 Å². The Kier molecular flexibility index (Phi) is 3.62. The van der Waals surface area contributed by atoms with Crippen molar-refractivity contribution >= 4 is 11.8 Å². The van der Waals surface area contributed by atoms with Gasteiger partial charge in [-0.2, -0.15) is 5.10 Å². The SMILES string of the molecule is Cn1nc(C2CCCC2)cc1C(=O)N1CC2CCC(=O)NC2C1. The van der Waals surface area contributed by atoms with Gasteiger partial charge >= 0.3 is 0 Å². The summed E-state index contributed by atoms with van der Waals surface area (Å²) in [7, 11) is 1.86. The summed E-state index contributed by atoms with van der Waals surface area (Å²) >= 11 is 0. The van der Waals surface area contributed by atoms with Crippen LogP contribution in [0.25, 0.3) is 0 Å². The number of hydrogen-bond acceptors (Lipinski definition) is 3. The largest absolute Gasteiger partial charge is 0.351 e. The van der Waals surface area contributed by atoms with Crippen LogP contribution in [0.5, 0.6) is 0 Å². The molecular formula is C17H24N4O2. The van der Waals surface area contributed by atoms with Crippen molar-refractivity contribution in [2.45, 2.75) is 50.5 Å². The molecule has 1 aromatic rings. The summed E-state index contributed by atoms with van der Waals surface area (Å²) in [5.74, 6) is 1.08. The minimum absolute atomic E-state index is 0.0490. The lowest BCUT2D eigenvalue weighted by atomic mass is 9.94. The summed E-state index contributed by atoms with van der Waals surface area (Å²) in [6, 6.07) is 2.11. The Morgan fingerprint density at radius 1 is 1.26 bits per heavy atom. The highest BCUT2D eigenvalue weighted by Crippen LogP contribution is 2.34. The molecule has 2 amide bonds. The number of nitrogens with one attached hydrogen (secondary N) is 1. The van der Waals surface area contributed by atoms with Crippen molar-refractivity contribution in [3.63, 3.8) is 0 Å². The number of carbonyl (C=O) groups excluding carboxylic acids is 2. The summed E-state index contributed by atoms with van der Waals surface area (Å²) in [6.45, 7) is 1.37. The van der Waals surface area contributed by atoms with Crippen LogP contribution in [0.1, 0.15) is 60.6 Å². The second-order valence-corrected chi connectivity index (χ2v) is 7.24. The molecule has 1 N–H and O–H groups in total. The number of amides is 2. The standard InChI is InChI=1S/C17H24N4O2/c1-20-15(8-13(19-20)11-4-2-3-5-11)17(23)21-9-12-6-7-16(22)18-14(12)10-21/h8,11-12,14H,2-7,9-10H2,1H3,(H,18,22). The first-order valence-corrected chi connectivity index (χ1v) is 8.74. The number of nitrogens with zero attached hydrogens (tertiary/aromatic N) is 3. The highest BCUT2D eigenvalue weighted by atomic mass is 16.2. The topological polar surface area (TPSA) is 67.2 Å². The Hall–Kier alpha value is -1.85. The first-order chi connectivity index (χ1) is 11.1. The van der Waals surface area contributed by atoms with Gasteiger partial charge in [-0.3, -0.25) is 14.3 Å². The molecule has 2 unspecified atom stereocenters. The molecule has 6 nitrogen and oxygen atoms in total. The molecule has 6 heteroatoms. The Balaban J connectivity index is 1.50. The fourth-order valence-corrected chi connectivity index (χ4v) is 4.36. The quantitative estimate of drug-likeness (QED) is 0.897. The van der Waals surface area contributed by atoms with Crippen LogP contribution in [-0.2, 0) is 11.8 Å². The number of carbonyl (C=O) groups is 2. The third kappa shape index (κ3) is 2.64. The van der Waals surface area contributed by atoms with Crippen LogP contribution in [0.3, 0.4) is 0 Å². The third-order valence-electron chi connectivity index (χ3n) is 5.71. The number of aryl methyl sites for hydroxylation is 1. The predicted molar refractivity (Wildman–Crippen MR) is 85.0 cm³/mol. The predicted octanol–water partition coefficient (Wildman–Crippen LogP) is 1.43. The maximum absolute atomic E-state index is 12.9. The van der Waals surface area contributed by atoms with Gasteiger partial charge in [0, 0.05) is 32.5 Å². The zero-order valence-electron chi connectivity index (χ0n) is 13.6. The number of fused-ring (bicyclic) bond motifs is 1. The Bertz CT molecular complexity index is 633. The van der Waals surface area contributed by atoms with Crippen LogP contribution >= 0.6 is 0 Å². The molecule has 23 heavy (non-hydrogen) atoms. The summed E-state index contributed by atoms with van der Waals surface area (Å²) in [5.41, 5.74) is 1.75. The van der Waals surface area contributed by atoms with Crippen molar-refractivity contribution in [1.29, 1.82) is 0 Å². The van der Waals surface area contributed by atoms with E-state index in [0.717, 1.165) is 18.7 Å². The van der Waals surface area contributed by atoms with Gasteiger partial charge in [0.05, 0.1) is 11.7 Å². The van der Waals surface area contributed by atoms with Crippen LogP contribution in [0.2, 0.25) is 0 Å². The van der Waals surface area contributed by atoms with Gasteiger partial charge in [-0.25, -0.2) is 0 Å². The van der Waals surface area contributed by atoms with Gasteiger partial charge in [-0.1, -0.05) is 12.8 Å². The lowest BCUT2D eigenvalue weighted by molar-refractivity contribution is -0.123. The highest BCUT2D eigenvalue weighted by Gasteiger charge is 2.39. The zero-order chi connectivity index (χ0) is 16.0. The van der Waals surface area contributed by atoms with E-state index in [9.17, 15) is 9.59 Å². The van der Waals surface area contributed by atoms with Crippen molar-refractivity contribution < 1.29 is 9.59 Å². The number of hydrogen-bond donors (Lipinski definition) is 1. The van der Waals surface area contributed by atoms with E-state index in [4.69, 9.17) is 0 Å². The molecule has 4 rings (SSSR count). The molecule has 1 aliphatic carbocycles. The fourth-order valence-electron chi connectivity index (χ4n) is 4.36. The smallest absolute Gasteiger partial charge is 0.272 e. The van der Waals surface area contributed by atoms with E-state index in [1.54, 1.807) is 4.68 Å². The molecule has 124 valence electrons. The van der Waals surface area contributed by atoms with Gasteiger partial charge in [0.1, 0.15) is 5.69 Å². The van der Waals surface area contributed by atoms with E-state index in [0.29, 0.717) is 30.5 Å². The zero-order valence-corrected chi connectivity index (χ0v) is 13.6. The second kappa shape index (κ2) is 5.65. The fraction of sp³-hybridized carbons (Fsp3) is 0.706. The molecule has 0 bridgehead atoms. The van der Waals surface area contributed by atoms with Gasteiger partial charge < -0.3 is 10.2 Å². The van der Waals surface area contributed by atoms with Crippen LogP contribution in [0, 0.1) is 5.92 Å². The normalized spacial score (nSPS) is 28.0. The number of rotatable bonds is 2. The summed E-state index contributed by atoms with van der Waals surface area (Å²) < 4.78 is 1.73. The van der Waals surface area contributed by atoms with Crippen LogP contribution < -0.4 is 5.32 Å². The Labute approximate surface area is 136 Å². The highest BCUT2D eigenvalue weighted by molar-refractivity contribution is 5.93. The molecule has 0 aromatic carbocycles. The van der Waals surface area contributed by atoms with Crippen molar-refractivity contribution in [3.8, 4) is 0 Å². The molecule has 3 aliphatic rings. The van der Waals surface area contributed by atoms with Crippen molar-refractivity contribution in [1.82, 2.24) is 20.0 Å². The number of piperidine rings is 1. The molecule has 0 radical (unpaired) electrons. The van der Waals surface area contributed by atoms with Crippen molar-refractivity contribution in [2.75, 3.05) is 13.1 Å². The molecule has 2 atom stereocenters. The third-order valence-corrected chi connectivity index (χ3v) is 5.71. The van der Waals surface area contributed by atoms with Crippen LogP contribution in [0.4, 0.5) is 0 Å². The molecular weight excluding hydrogens is 292 g/mol. The summed E-state index contributed by atoms with van der Waals surface area (Å²) in [6.07, 6.45) is 6.37. The second-order valence-electron chi connectivity index (χ2n) is 7.24. The summed E-state index contributed by atoms with van der Waals surface area (Å²) in [5, 5.41) is 7.61. The minimum Gasteiger partial charge on any atom is -0.351 e. The Morgan fingerprint density at radius 2 is 2.04 bits per heavy atom. The van der Waals surface area contributed by atoms with Crippen LogP contribution in [0.15, 0.2) is 6.07 Å². The molecule has 3 fully saturated rings. The van der Waals surface area contributed by atoms with Gasteiger partial charge in [0.25, 0.3) is 5.91 Å². The molecule has 2 saturated heterocycles.